The third-order valence-corrected chi connectivity index (χ3v) is 3.13. The first kappa shape index (κ1) is 12.2. The van der Waals surface area contributed by atoms with Crippen molar-refractivity contribution < 1.29 is 9.90 Å². The van der Waals surface area contributed by atoms with E-state index in [-0.39, 0.29) is 22.2 Å². The van der Waals surface area contributed by atoms with Gasteiger partial charge in [-0.25, -0.2) is 0 Å². The molecule has 1 aromatic rings. The average molecular weight is 255 g/mol. The Morgan fingerprint density at radius 3 is 2.71 bits per heavy atom. The number of rotatable bonds is 1. The third kappa shape index (κ3) is 2.53. The average Bonchev–Trinajstić information content (AvgIpc) is 2.34. The van der Waals surface area contributed by atoms with E-state index in [1.54, 1.807) is 17.0 Å². The van der Waals surface area contributed by atoms with Gasteiger partial charge >= 0.3 is 0 Å². The van der Waals surface area contributed by atoms with Crippen LogP contribution < -0.4 is 5.32 Å². The molecular weight excluding hydrogens is 240 g/mol. The van der Waals surface area contributed by atoms with Gasteiger partial charge in [0.05, 0.1) is 10.6 Å². The Morgan fingerprint density at radius 1 is 1.41 bits per heavy atom. The summed E-state index contributed by atoms with van der Waals surface area (Å²) in [6.07, 6.45) is 0. The number of benzene rings is 1. The Kier molecular flexibility index (Phi) is 3.54. The number of aryl methyl sites for hydroxylation is 1. The van der Waals surface area contributed by atoms with Gasteiger partial charge < -0.3 is 15.3 Å². The number of aromatic hydroxyl groups is 1. The van der Waals surface area contributed by atoms with Crippen LogP contribution in [-0.4, -0.2) is 42.1 Å². The summed E-state index contributed by atoms with van der Waals surface area (Å²) in [6.45, 7) is 4.73. The van der Waals surface area contributed by atoms with E-state index in [0.29, 0.717) is 13.1 Å². The van der Waals surface area contributed by atoms with Gasteiger partial charge in [0, 0.05) is 26.2 Å². The molecule has 1 saturated heterocycles. The highest BCUT2D eigenvalue weighted by Crippen LogP contribution is 2.29. The molecule has 2 N–H and O–H groups in total. The van der Waals surface area contributed by atoms with Crippen molar-refractivity contribution in [3.63, 3.8) is 0 Å². The molecule has 0 saturated carbocycles. The zero-order valence-corrected chi connectivity index (χ0v) is 10.4. The van der Waals surface area contributed by atoms with Crippen LogP contribution in [0.5, 0.6) is 5.75 Å². The number of hydrogen-bond donors (Lipinski definition) is 2. The first-order valence-electron chi connectivity index (χ1n) is 5.58. The van der Waals surface area contributed by atoms with E-state index in [2.05, 4.69) is 5.32 Å². The zero-order chi connectivity index (χ0) is 12.4. The SMILES string of the molecule is Cc1cc(Cl)c(O)c(C(=O)N2CCNCC2)c1. The lowest BCUT2D eigenvalue weighted by molar-refractivity contribution is 0.0732. The van der Waals surface area contributed by atoms with E-state index in [4.69, 9.17) is 11.6 Å². The quantitative estimate of drug-likeness (QED) is 0.797. The van der Waals surface area contributed by atoms with Gasteiger partial charge in [0.15, 0.2) is 0 Å². The molecule has 0 bridgehead atoms. The molecule has 4 nitrogen and oxygen atoms in total. The van der Waals surface area contributed by atoms with Gasteiger partial charge in [-0.1, -0.05) is 11.6 Å². The van der Waals surface area contributed by atoms with Gasteiger partial charge in [0.2, 0.25) is 0 Å². The summed E-state index contributed by atoms with van der Waals surface area (Å²) in [4.78, 5) is 13.9. The van der Waals surface area contributed by atoms with Crippen LogP contribution in [0.2, 0.25) is 5.02 Å². The van der Waals surface area contributed by atoms with Crippen LogP contribution in [0.4, 0.5) is 0 Å². The van der Waals surface area contributed by atoms with Crippen molar-refractivity contribution in [3.05, 3.63) is 28.3 Å². The van der Waals surface area contributed by atoms with Crippen LogP contribution in [0, 0.1) is 6.92 Å². The van der Waals surface area contributed by atoms with Gasteiger partial charge in [0.25, 0.3) is 5.91 Å². The number of carbonyl (C=O) groups excluding carboxylic acids is 1. The Hall–Kier alpha value is -1.26. The summed E-state index contributed by atoms with van der Waals surface area (Å²) in [7, 11) is 0. The van der Waals surface area contributed by atoms with Gasteiger partial charge in [-0.15, -0.1) is 0 Å². The molecule has 0 atom stereocenters. The lowest BCUT2D eigenvalue weighted by Crippen LogP contribution is -2.46. The van der Waals surface area contributed by atoms with Crippen LogP contribution in [0.1, 0.15) is 15.9 Å². The molecule has 0 spiro atoms. The number of piperazine rings is 1. The molecule has 0 radical (unpaired) electrons. The van der Waals surface area contributed by atoms with E-state index in [0.717, 1.165) is 18.7 Å². The van der Waals surface area contributed by atoms with Crippen molar-refractivity contribution in [2.24, 2.45) is 0 Å². The summed E-state index contributed by atoms with van der Waals surface area (Å²) < 4.78 is 0. The highest BCUT2D eigenvalue weighted by Gasteiger charge is 2.22. The van der Waals surface area contributed by atoms with Crippen LogP contribution in [0.15, 0.2) is 12.1 Å². The van der Waals surface area contributed by atoms with Gasteiger partial charge in [-0.05, 0) is 24.6 Å². The maximum Gasteiger partial charge on any atom is 0.257 e. The predicted octanol–water partition coefficient (Wildman–Crippen LogP) is 1.40. The second-order valence-corrected chi connectivity index (χ2v) is 4.59. The minimum Gasteiger partial charge on any atom is -0.506 e. The number of amides is 1. The molecule has 1 fully saturated rings. The van der Waals surface area contributed by atoms with Crippen molar-refractivity contribution in [2.75, 3.05) is 26.2 Å². The Morgan fingerprint density at radius 2 is 2.06 bits per heavy atom. The van der Waals surface area contributed by atoms with Crippen molar-refractivity contribution in [2.45, 2.75) is 6.92 Å². The molecule has 2 rings (SSSR count). The predicted molar refractivity (Wildman–Crippen MR) is 66.6 cm³/mol. The molecule has 1 amide bonds. The number of hydrogen-bond acceptors (Lipinski definition) is 3. The van der Waals surface area contributed by atoms with Gasteiger partial charge in [-0.3, -0.25) is 4.79 Å². The fourth-order valence-electron chi connectivity index (χ4n) is 1.94. The molecule has 1 aliphatic heterocycles. The highest BCUT2D eigenvalue weighted by molar-refractivity contribution is 6.32. The van der Waals surface area contributed by atoms with E-state index in [9.17, 15) is 9.90 Å². The summed E-state index contributed by atoms with van der Waals surface area (Å²) in [5.74, 6) is -0.282. The molecule has 5 heteroatoms. The Bertz CT molecular complexity index is 442. The minimum atomic E-state index is -0.158. The van der Waals surface area contributed by atoms with Gasteiger partial charge in [0.1, 0.15) is 5.75 Å². The number of halogens is 1. The fraction of sp³-hybridized carbons (Fsp3) is 0.417. The lowest BCUT2D eigenvalue weighted by atomic mass is 10.1. The van der Waals surface area contributed by atoms with Crippen molar-refractivity contribution in [1.82, 2.24) is 10.2 Å². The summed E-state index contributed by atoms with van der Waals surface area (Å²) in [5.41, 5.74) is 1.16. The topological polar surface area (TPSA) is 52.6 Å². The van der Waals surface area contributed by atoms with Crippen molar-refractivity contribution in [1.29, 1.82) is 0 Å². The molecule has 1 heterocycles. The van der Waals surface area contributed by atoms with E-state index >= 15 is 0 Å². The largest absolute Gasteiger partial charge is 0.506 e. The lowest BCUT2D eigenvalue weighted by Gasteiger charge is -2.27. The summed E-state index contributed by atoms with van der Waals surface area (Å²) in [6, 6.07) is 3.32. The summed E-state index contributed by atoms with van der Waals surface area (Å²) in [5, 5.41) is 13.2. The highest BCUT2D eigenvalue weighted by atomic mass is 35.5. The van der Waals surface area contributed by atoms with Crippen LogP contribution in [-0.2, 0) is 0 Å². The number of phenols is 1. The molecule has 0 aliphatic carbocycles. The normalized spacial score (nSPS) is 16.0. The standard InChI is InChI=1S/C12H15ClN2O2/c1-8-6-9(11(16)10(13)7-8)12(17)15-4-2-14-3-5-15/h6-7,14,16H,2-5H2,1H3. The molecule has 17 heavy (non-hydrogen) atoms. The van der Waals surface area contributed by atoms with E-state index in [1.165, 1.54) is 0 Å². The maximum absolute atomic E-state index is 12.2. The molecule has 92 valence electrons. The molecule has 0 aromatic heterocycles. The van der Waals surface area contributed by atoms with Crippen LogP contribution in [0.25, 0.3) is 0 Å². The molecule has 1 aliphatic rings. The van der Waals surface area contributed by atoms with Crippen molar-refractivity contribution in [3.8, 4) is 5.75 Å². The summed E-state index contributed by atoms with van der Waals surface area (Å²) >= 11 is 5.87. The van der Waals surface area contributed by atoms with E-state index in [1.807, 2.05) is 6.92 Å². The molecule has 1 aromatic carbocycles. The fourth-order valence-corrected chi connectivity index (χ4v) is 2.21. The Labute approximate surface area is 105 Å². The van der Waals surface area contributed by atoms with Crippen LogP contribution >= 0.6 is 11.6 Å². The minimum absolute atomic E-state index is 0.124. The number of carbonyl (C=O) groups is 1. The number of nitrogens with one attached hydrogen (secondary N) is 1. The Balaban J connectivity index is 2.29. The van der Waals surface area contributed by atoms with Crippen LogP contribution in [0.3, 0.4) is 0 Å². The molecular formula is C12H15ClN2O2. The van der Waals surface area contributed by atoms with E-state index < -0.39 is 0 Å². The third-order valence-electron chi connectivity index (χ3n) is 2.84. The second kappa shape index (κ2) is 4.94. The number of nitrogens with zero attached hydrogens (tertiary/aromatic N) is 1. The van der Waals surface area contributed by atoms with Crippen molar-refractivity contribution >= 4 is 17.5 Å². The first-order chi connectivity index (χ1) is 8.09. The maximum atomic E-state index is 12.2. The monoisotopic (exact) mass is 254 g/mol. The smallest absolute Gasteiger partial charge is 0.257 e. The number of phenolic OH excluding ortho intramolecular Hbond substituents is 1. The first-order valence-corrected chi connectivity index (χ1v) is 5.96. The second-order valence-electron chi connectivity index (χ2n) is 4.19. The molecule has 0 unspecified atom stereocenters. The van der Waals surface area contributed by atoms with Gasteiger partial charge in [-0.2, -0.15) is 0 Å². The zero-order valence-electron chi connectivity index (χ0n) is 9.66.